The standard InChI is InChI=1S/C27H25F3N4O4S.C25H19F3N4O3S.C25H22F3N3O3S.C24H19F3N4O5S/c1-15(27(28,29)30)32-14-34(33-12-11-20(35)23(36)22(33)26(32)38)21-17-8-5-4-7-16(17)13-39-24-18(21)9-6-10-19(24)25(37)31(2)3;1-14(25(26,27)28)30-13-32(31-10-9-19(33)23(34)22(31)24(30)35)21-17-8-7-16(29-2)11-15(17)12-36-20-6-4-3-5-18(20)21;1-14-6-5-8-16-18(14)12-35-20-9-4-3-7-17(20)21(16)31-13-29(15(2)25(26,27)28)24(34)22-23(33)19(32)10-11-30(22)31;1-13(24(25,26)27)28-12-30(29-9-8-18(32)22(33)21(29)23(28)34)20-16-7-6-15(31(35)36)10-14(16)11-37-19-5-3-2-4-17(19)20/h4-12,15,21,36H,13-14H2,1-3H3;3-11,14,21,34H,12-13H2,1H3;3-11,15,21,33H,12-13H2,1-2H3;2-10,13,20,33H,11-12H2,1H3/t15-,21+;14-,21+;15-,21+;13-,20+/m1111/s1. The van der Waals surface area contributed by atoms with Crippen LogP contribution in [-0.2, 0) is 23.0 Å². The number of non-ortho nitro benzene ring substituents is 1. The van der Waals surface area contributed by atoms with Crippen LogP contribution in [0.2, 0.25) is 0 Å². The summed E-state index contributed by atoms with van der Waals surface area (Å²) in [6, 6.07) is 42.9. The number of aryl methyl sites for hydroxylation is 1. The first-order valence-electron chi connectivity index (χ1n) is 45.0. The Bertz CT molecular complexity index is 7670. The lowest BCUT2D eigenvalue weighted by Crippen LogP contribution is -2.60. The van der Waals surface area contributed by atoms with Crippen molar-refractivity contribution in [2.24, 2.45) is 0 Å². The zero-order valence-corrected chi connectivity index (χ0v) is 81.5. The third kappa shape index (κ3) is 19.1. The topological polar surface area (TPSA) is 331 Å². The van der Waals surface area contributed by atoms with Gasteiger partial charge in [0.15, 0.2) is 51.5 Å². The lowest BCUT2D eigenvalue weighted by molar-refractivity contribution is -0.384. The van der Waals surface area contributed by atoms with Crippen molar-refractivity contribution in [3.05, 3.63) is 382 Å². The van der Waals surface area contributed by atoms with E-state index in [1.165, 1.54) is 106 Å². The van der Waals surface area contributed by atoms with Gasteiger partial charge >= 0.3 is 24.7 Å². The maximum Gasteiger partial charge on any atom is 0.408 e. The number of hydrogen-bond acceptors (Lipinski definition) is 23. The number of aromatic nitrogens is 4. The average molecular weight is 2110 g/mol. The van der Waals surface area contributed by atoms with Crippen LogP contribution in [0, 0.1) is 23.6 Å². The molecule has 147 heavy (non-hydrogen) atoms. The van der Waals surface area contributed by atoms with E-state index in [-0.39, 0.29) is 11.6 Å². The number of benzene rings is 8. The number of pyridine rings is 4. The van der Waals surface area contributed by atoms with Crippen LogP contribution in [0.3, 0.4) is 0 Å². The number of aromatic hydroxyl groups is 4. The molecule has 0 aliphatic carbocycles. The molecule has 0 bridgehead atoms. The number of hydrogen-bond donors (Lipinski definition) is 4. The molecule has 0 radical (unpaired) electrons. The van der Waals surface area contributed by atoms with Crippen molar-refractivity contribution in [1.82, 2.24) is 43.2 Å². The van der Waals surface area contributed by atoms with Crippen molar-refractivity contribution >= 4 is 88.0 Å². The summed E-state index contributed by atoms with van der Waals surface area (Å²) in [7, 11) is 3.27. The molecule has 0 fully saturated rings. The minimum Gasteiger partial charge on any atom is -0.502 e. The highest BCUT2D eigenvalue weighted by atomic mass is 32.2. The summed E-state index contributed by atoms with van der Waals surface area (Å²) in [4.78, 5) is 137. The van der Waals surface area contributed by atoms with Gasteiger partial charge in [-0.25, -0.2) is 4.85 Å². The molecule has 0 saturated heterocycles. The Morgan fingerprint density at radius 1 is 0.395 bits per heavy atom. The van der Waals surface area contributed by atoms with E-state index in [4.69, 9.17) is 6.57 Å². The van der Waals surface area contributed by atoms with Crippen molar-refractivity contribution in [3.63, 3.8) is 0 Å². The third-order valence-electron chi connectivity index (χ3n) is 26.7. The van der Waals surface area contributed by atoms with Gasteiger partial charge in [0, 0.05) is 118 Å². The Morgan fingerprint density at radius 3 is 1.08 bits per heavy atom. The Kier molecular flexibility index (Phi) is 28.0. The largest absolute Gasteiger partial charge is 0.502 e. The second kappa shape index (κ2) is 39.9. The molecule has 8 aliphatic rings. The molecule has 8 aromatic carbocycles. The molecule has 0 spiro atoms. The first kappa shape index (κ1) is 103. The molecule has 8 atom stereocenters. The van der Waals surface area contributed by atoms with E-state index in [0.717, 1.165) is 117 Å². The molecule has 30 nitrogen and oxygen atoms in total. The smallest absolute Gasteiger partial charge is 0.408 e. The van der Waals surface area contributed by atoms with Gasteiger partial charge in [-0.3, -0.25) is 92.0 Å². The normalized spacial score (nSPS) is 18.0. The highest BCUT2D eigenvalue weighted by Crippen LogP contribution is 2.52. The van der Waals surface area contributed by atoms with Crippen molar-refractivity contribution in [2.45, 2.75) is 150 Å². The average Bonchev–Trinajstić information content (AvgIpc) is 1.73. The quantitative estimate of drug-likeness (QED) is 0.0428. The molecule has 4 aromatic heterocycles. The molecule has 4 N–H and O–H groups in total. The fourth-order valence-electron chi connectivity index (χ4n) is 18.8. The molecular formula is C101H85F12N15O15S4. The van der Waals surface area contributed by atoms with E-state index in [2.05, 4.69) is 4.85 Å². The minimum absolute atomic E-state index is 0.133. The molecule has 12 aromatic rings. The van der Waals surface area contributed by atoms with E-state index in [1.807, 2.05) is 104 Å². The van der Waals surface area contributed by atoms with Gasteiger partial charge < -0.3 is 44.9 Å². The minimum atomic E-state index is -4.77. The number of nitro benzene ring substituents is 1. The second-order valence-corrected chi connectivity index (χ2v) is 39.5. The van der Waals surface area contributed by atoms with E-state index >= 15 is 0 Å². The predicted molar refractivity (Wildman–Crippen MR) is 521 cm³/mol. The SMILES string of the molecule is C[C@@H](N1CN([C@H]2c3ccc([N+](=O)[O-])cc3CSc3ccccc32)n2ccc(=O)c(O)c2C1=O)C(F)(F)F.C[C@@H](N1CN([C@H]2c3ccccc3CSc3c(C(=O)N(C)C)cccc32)n2ccc(=O)c(O)c2C1=O)C(F)(F)F.Cc1cccc2c1CSc1ccccc1[C@H]2N1CN([C@H](C)C(F)(F)F)C(=O)c2c(O)c(=O)ccn21.[C-]#[N+]c1ccc2c(c1)CSc1ccccc1[C@H]2N1CN([C@H](C)C(F)(F)F)C(=O)c2c(O)c(=O)ccn21. The zero-order chi connectivity index (χ0) is 106. The summed E-state index contributed by atoms with van der Waals surface area (Å²) in [6.07, 6.45) is -13.8. The molecule has 12 heterocycles. The number of rotatable bonds is 10. The molecule has 0 unspecified atom stereocenters. The summed E-state index contributed by atoms with van der Waals surface area (Å²) < 4.78 is 171. The van der Waals surface area contributed by atoms with Crippen LogP contribution in [-0.4, -0.2) is 188 Å². The summed E-state index contributed by atoms with van der Waals surface area (Å²) in [5.41, 5.74) is 5.48. The van der Waals surface area contributed by atoms with Gasteiger partial charge in [0.2, 0.25) is 21.7 Å². The third-order valence-corrected chi connectivity index (χ3v) is 31.3. The van der Waals surface area contributed by atoms with Crippen LogP contribution >= 0.6 is 47.0 Å². The molecule has 5 amide bonds. The van der Waals surface area contributed by atoms with Gasteiger partial charge in [-0.05, 0) is 137 Å². The monoisotopic (exact) mass is 2100 g/mol. The summed E-state index contributed by atoms with van der Waals surface area (Å²) in [5, 5.41) is 59.7. The van der Waals surface area contributed by atoms with Crippen LogP contribution in [0.15, 0.2) is 258 Å². The number of halogens is 12. The number of alkyl halides is 12. The predicted octanol–water partition coefficient (Wildman–Crippen LogP) is 17.5. The van der Waals surface area contributed by atoms with Crippen molar-refractivity contribution in [3.8, 4) is 23.0 Å². The summed E-state index contributed by atoms with van der Waals surface area (Å²) in [5.74, 6) is -6.24. The van der Waals surface area contributed by atoms with Gasteiger partial charge in [-0.2, -0.15) is 52.7 Å². The van der Waals surface area contributed by atoms with Crippen LogP contribution < -0.4 is 41.8 Å². The van der Waals surface area contributed by atoms with Crippen LogP contribution in [0.1, 0.15) is 176 Å². The maximum absolute atomic E-state index is 13.9. The first-order chi connectivity index (χ1) is 69.6. The molecule has 46 heteroatoms. The van der Waals surface area contributed by atoms with E-state index in [1.54, 1.807) is 96.5 Å². The van der Waals surface area contributed by atoms with Crippen LogP contribution in [0.4, 0.5) is 64.1 Å². The van der Waals surface area contributed by atoms with Crippen molar-refractivity contribution < 1.29 is 102 Å². The molecule has 8 aliphatic heterocycles. The lowest BCUT2D eigenvalue weighted by Gasteiger charge is -2.46. The summed E-state index contributed by atoms with van der Waals surface area (Å²) in [6.45, 7) is 11.0. The molecular weight excluding hydrogens is 2020 g/mol. The Morgan fingerprint density at radius 2 is 0.707 bits per heavy atom. The van der Waals surface area contributed by atoms with E-state index < -0.39 is 196 Å². The van der Waals surface area contributed by atoms with Crippen molar-refractivity contribution in [1.29, 1.82) is 0 Å². The lowest BCUT2D eigenvalue weighted by atomic mass is 9.92. The molecule has 0 saturated carbocycles. The van der Waals surface area contributed by atoms with Crippen LogP contribution in [0.25, 0.3) is 4.85 Å². The van der Waals surface area contributed by atoms with Gasteiger partial charge in [-0.1, -0.05) is 127 Å². The molecule has 762 valence electrons. The fourth-order valence-corrected chi connectivity index (χ4v) is 23.4. The molecule has 20 rings (SSSR count). The van der Waals surface area contributed by atoms with Gasteiger partial charge in [-0.15, -0.1) is 47.0 Å². The van der Waals surface area contributed by atoms with Gasteiger partial charge in [0.1, 0.15) is 50.8 Å². The number of thioether (sulfide) groups is 4. The van der Waals surface area contributed by atoms with Crippen molar-refractivity contribution in [2.75, 3.05) is 60.8 Å². The Balaban J connectivity index is 0.000000134. The zero-order valence-electron chi connectivity index (χ0n) is 78.2. The van der Waals surface area contributed by atoms with Gasteiger partial charge in [0.25, 0.3) is 35.2 Å². The second-order valence-electron chi connectivity index (χ2n) is 35.5. The number of carbonyl (C=O) groups is 5. The number of carbonyl (C=O) groups excluding carboxylic acids is 5. The Labute approximate surface area is 844 Å². The van der Waals surface area contributed by atoms with E-state index in [9.17, 15) is 126 Å². The first-order valence-corrected chi connectivity index (χ1v) is 49.0. The summed E-state index contributed by atoms with van der Waals surface area (Å²) >= 11 is 6.04. The number of nitrogens with zero attached hydrogens (tertiary/aromatic N) is 15. The van der Waals surface area contributed by atoms with E-state index in [0.29, 0.717) is 81.0 Å². The fraction of sp³-hybridized carbons (Fsp3) is 0.267. The Hall–Kier alpha value is -15.2. The maximum atomic E-state index is 13.9. The number of amides is 5. The van der Waals surface area contributed by atoms with Gasteiger partial charge in [0.05, 0.1) is 41.2 Å². The number of fused-ring (bicyclic) bond motifs is 12. The highest BCUT2D eigenvalue weighted by molar-refractivity contribution is 7.99. The highest BCUT2D eigenvalue weighted by Gasteiger charge is 2.54. The van der Waals surface area contributed by atoms with Crippen LogP contribution in [0.5, 0.6) is 23.0 Å². The number of nitro groups is 1.